The normalized spacial score (nSPS) is 11.3. The highest BCUT2D eigenvalue weighted by Gasteiger charge is 2.42. The molecule has 0 spiro atoms. The van der Waals surface area contributed by atoms with Gasteiger partial charge in [-0.05, 0) is 15.4 Å². The van der Waals surface area contributed by atoms with Crippen molar-refractivity contribution < 1.29 is 20.0 Å². The quantitative estimate of drug-likeness (QED) is 0.0838. The molecule has 1 N–H and O–H groups in total. The molecule has 1 aromatic rings. The minimum atomic E-state index is -1.64. The van der Waals surface area contributed by atoms with Crippen LogP contribution in [0.25, 0.3) is 10.4 Å². The van der Waals surface area contributed by atoms with Crippen LogP contribution in [0.3, 0.4) is 0 Å². The van der Waals surface area contributed by atoms with E-state index in [0.717, 1.165) is 0 Å². The number of rotatable bonds is 2. The van der Waals surface area contributed by atoms with Gasteiger partial charge in [-0.1, -0.05) is 0 Å². The first-order valence-electron chi connectivity index (χ1n) is 3.73. The lowest BCUT2D eigenvalue weighted by molar-refractivity contribution is -0.749. The molecule has 0 amide bonds. The zero-order valence-electron chi connectivity index (χ0n) is 8.01. The predicted octanol–water partition coefficient (Wildman–Crippen LogP) is -0.492. The van der Waals surface area contributed by atoms with E-state index in [1.54, 1.807) is 0 Å². The Hall–Kier alpha value is -3.48. The third-order valence-corrected chi connectivity index (χ3v) is 1.40. The average Bonchev–Trinajstić information content (AvgIpc) is 2.62. The maximum Gasteiger partial charge on any atom is 0.668 e. The van der Waals surface area contributed by atoms with Crippen molar-refractivity contribution in [2.24, 2.45) is 5.11 Å². The number of hydrogen-bond donors (Lipinski definition) is 1. The Morgan fingerprint density at radius 1 is 1.44 bits per heavy atom. The van der Waals surface area contributed by atoms with E-state index in [2.05, 4.69) is 20.1 Å². The minimum absolute atomic E-state index is 0.0785. The van der Waals surface area contributed by atoms with Gasteiger partial charge in [-0.15, -0.1) is 0 Å². The van der Waals surface area contributed by atoms with Crippen molar-refractivity contribution in [2.45, 2.75) is 0 Å². The van der Waals surface area contributed by atoms with Gasteiger partial charge in [0, 0.05) is 10.0 Å². The second-order valence-electron chi connectivity index (χ2n) is 2.40. The standard InChI is InChI=1S/C3HN9O6/c4-8-6-1-5-2(10(13)14)7-9(1)3(11(15)16)12(17)18/h(H,15,16). The van der Waals surface area contributed by atoms with Crippen LogP contribution in [0, 0.1) is 25.4 Å². The third kappa shape index (κ3) is 2.19. The molecule has 0 aliphatic carbocycles. The summed E-state index contributed by atoms with van der Waals surface area (Å²) >= 11 is 0. The molecule has 0 unspecified atom stereocenters. The Morgan fingerprint density at radius 2 is 2.06 bits per heavy atom. The van der Waals surface area contributed by atoms with E-state index >= 15 is 0 Å². The van der Waals surface area contributed by atoms with Gasteiger partial charge in [-0.3, -0.25) is 0 Å². The first-order chi connectivity index (χ1) is 8.38. The third-order valence-electron chi connectivity index (χ3n) is 1.40. The zero-order valence-corrected chi connectivity index (χ0v) is 8.01. The summed E-state index contributed by atoms with van der Waals surface area (Å²) in [5.74, 6) is -3.75. The van der Waals surface area contributed by atoms with E-state index < -0.39 is 32.6 Å². The lowest BCUT2D eigenvalue weighted by Gasteiger charge is -1.91. The molecule has 0 atom stereocenters. The van der Waals surface area contributed by atoms with Gasteiger partial charge >= 0.3 is 17.9 Å². The molecule has 0 aromatic carbocycles. The summed E-state index contributed by atoms with van der Waals surface area (Å²) in [7, 11) is 0. The summed E-state index contributed by atoms with van der Waals surface area (Å²) in [6.07, 6.45) is 0. The fourth-order valence-corrected chi connectivity index (χ4v) is 0.838. The summed E-state index contributed by atoms with van der Waals surface area (Å²) < 4.78 is -0.0785. The molecule has 0 saturated carbocycles. The van der Waals surface area contributed by atoms with Gasteiger partial charge in [0.15, 0.2) is 5.10 Å². The van der Waals surface area contributed by atoms with E-state index in [4.69, 9.17) is 10.7 Å². The molecule has 1 aromatic heterocycles. The number of nitrogens with zero attached hydrogens (tertiary/aromatic N) is 9. The number of aromatic nitrogens is 3. The monoisotopic (exact) mass is 259 g/mol. The Bertz CT molecular complexity index is 589. The molecule has 15 nitrogen and oxygen atoms in total. The summed E-state index contributed by atoms with van der Waals surface area (Å²) in [6.45, 7) is 0. The Balaban J connectivity index is 3.56. The molecule has 1 rings (SSSR count). The fourth-order valence-electron chi connectivity index (χ4n) is 0.838. The molecular formula is C3HN9O6. The highest BCUT2D eigenvalue weighted by molar-refractivity contribution is 5.71. The molecular weight excluding hydrogens is 258 g/mol. The van der Waals surface area contributed by atoms with Gasteiger partial charge in [0.25, 0.3) is 0 Å². The van der Waals surface area contributed by atoms with E-state index in [9.17, 15) is 25.4 Å². The van der Waals surface area contributed by atoms with Crippen LogP contribution in [-0.4, -0.2) is 40.7 Å². The maximum absolute atomic E-state index is 10.5. The molecule has 0 radical (unpaired) electrons. The second-order valence-corrected chi connectivity index (χ2v) is 2.40. The topological polar surface area (TPSA) is 212 Å². The van der Waals surface area contributed by atoms with Gasteiger partial charge in [0.1, 0.15) is 4.68 Å². The Morgan fingerprint density at radius 3 is 2.44 bits per heavy atom. The highest BCUT2D eigenvalue weighted by atomic mass is 16.8. The Kier molecular flexibility index (Phi) is 3.20. The van der Waals surface area contributed by atoms with Crippen molar-refractivity contribution in [2.75, 3.05) is 0 Å². The van der Waals surface area contributed by atoms with Crippen LogP contribution >= 0.6 is 0 Å². The SMILES string of the molecule is [N-]=[N+]=Nc1nc([N+](=O)[O-])nn1/C([N+](=O)[O-])=[N+](/[O-])O. The summed E-state index contributed by atoms with van der Waals surface area (Å²) in [5, 5.41) is 45.5. The number of nitro groups is 2. The Labute approximate surface area is 94.7 Å². The molecule has 0 fully saturated rings. The second kappa shape index (κ2) is 4.58. The molecule has 15 heteroatoms. The molecule has 0 aliphatic rings. The molecule has 1 heterocycles. The van der Waals surface area contributed by atoms with Crippen LogP contribution in [0.5, 0.6) is 0 Å². The first kappa shape index (κ1) is 12.6. The van der Waals surface area contributed by atoms with Crippen LogP contribution in [0.1, 0.15) is 0 Å². The highest BCUT2D eigenvalue weighted by Crippen LogP contribution is 2.14. The average molecular weight is 259 g/mol. The molecule has 18 heavy (non-hydrogen) atoms. The predicted molar refractivity (Wildman–Crippen MR) is 48.3 cm³/mol. The lowest BCUT2D eigenvalue weighted by atomic mass is 10.9. The van der Waals surface area contributed by atoms with Gasteiger partial charge in [0.2, 0.25) is 0 Å². The zero-order chi connectivity index (χ0) is 13.9. The van der Waals surface area contributed by atoms with Crippen molar-refractivity contribution in [1.82, 2.24) is 14.8 Å². The van der Waals surface area contributed by atoms with E-state index in [1.807, 2.05) is 0 Å². The molecule has 0 bridgehead atoms. The summed E-state index contributed by atoms with van der Waals surface area (Å²) in [4.78, 5) is 22.2. The largest absolute Gasteiger partial charge is 0.668 e. The summed E-state index contributed by atoms with van der Waals surface area (Å²) in [6, 6.07) is 0. The van der Waals surface area contributed by atoms with Crippen LogP contribution in [0.4, 0.5) is 11.9 Å². The molecule has 94 valence electrons. The van der Waals surface area contributed by atoms with Crippen LogP contribution < -0.4 is 0 Å². The van der Waals surface area contributed by atoms with Crippen LogP contribution in [0.2, 0.25) is 0 Å². The van der Waals surface area contributed by atoms with Crippen LogP contribution in [0.15, 0.2) is 5.11 Å². The van der Waals surface area contributed by atoms with Crippen molar-refractivity contribution in [3.63, 3.8) is 0 Å². The summed E-state index contributed by atoms with van der Waals surface area (Å²) in [5.41, 5.74) is 8.13. The van der Waals surface area contributed by atoms with E-state index in [-0.39, 0.29) is 4.68 Å². The number of hydrogen-bond acceptors (Lipinski definition) is 9. The lowest BCUT2D eigenvalue weighted by Crippen LogP contribution is -2.30. The molecule has 0 saturated heterocycles. The van der Waals surface area contributed by atoms with Crippen molar-refractivity contribution >= 4 is 17.9 Å². The minimum Gasteiger partial charge on any atom is -0.461 e. The first-order valence-corrected chi connectivity index (χ1v) is 3.73. The van der Waals surface area contributed by atoms with Gasteiger partial charge in [-0.2, -0.15) is 0 Å². The van der Waals surface area contributed by atoms with Gasteiger partial charge in [-0.25, -0.2) is 0 Å². The van der Waals surface area contributed by atoms with Gasteiger partial charge in [0.05, 0.1) is 9.83 Å². The van der Waals surface area contributed by atoms with E-state index in [1.165, 1.54) is 0 Å². The van der Waals surface area contributed by atoms with Crippen molar-refractivity contribution in [3.05, 3.63) is 35.9 Å². The smallest absolute Gasteiger partial charge is 0.461 e. The van der Waals surface area contributed by atoms with Crippen LogP contribution in [-0.2, 0) is 0 Å². The fraction of sp³-hybridized carbons (Fsp3) is 0. The maximum atomic E-state index is 10.5. The van der Waals surface area contributed by atoms with Gasteiger partial charge < -0.3 is 30.6 Å². The molecule has 0 aliphatic heterocycles. The van der Waals surface area contributed by atoms with Crippen molar-refractivity contribution in [1.29, 1.82) is 0 Å². The number of azide groups is 1. The van der Waals surface area contributed by atoms with E-state index in [0.29, 0.717) is 0 Å². The van der Waals surface area contributed by atoms with Crippen molar-refractivity contribution in [3.8, 4) is 0 Å².